The van der Waals surface area contributed by atoms with Crippen LogP contribution in [0.4, 0.5) is 5.82 Å². The number of β-amino-alcohol motifs (C(OH)–C–C–N with tert-alkyl or cyclic N) is 1. The lowest BCUT2D eigenvalue weighted by Gasteiger charge is -2.36. The number of rotatable bonds is 4. The van der Waals surface area contributed by atoms with Gasteiger partial charge in [0.2, 0.25) is 0 Å². The molecule has 1 aliphatic heterocycles. The molecule has 1 aliphatic rings. The van der Waals surface area contributed by atoms with E-state index in [0.29, 0.717) is 11.6 Å². The fraction of sp³-hybridized carbons (Fsp3) is 0.444. The van der Waals surface area contributed by atoms with Gasteiger partial charge in [0, 0.05) is 49.5 Å². The first kappa shape index (κ1) is 17.1. The number of hydrogen-bond donors (Lipinski definition) is 1. The monoisotopic (exact) mass is 346 g/mol. The van der Waals surface area contributed by atoms with E-state index in [4.69, 9.17) is 11.6 Å². The first-order valence-electron chi connectivity index (χ1n) is 8.24. The van der Waals surface area contributed by atoms with E-state index in [1.807, 2.05) is 44.2 Å². The molecule has 0 bridgehead atoms. The lowest BCUT2D eigenvalue weighted by atomic mass is 10.1. The molecule has 5 nitrogen and oxygen atoms in total. The number of piperazine rings is 1. The van der Waals surface area contributed by atoms with Crippen LogP contribution in [0.2, 0.25) is 5.02 Å². The summed E-state index contributed by atoms with van der Waals surface area (Å²) in [5.41, 5.74) is 1.90. The number of anilines is 1. The Balaban J connectivity index is 1.56. The molecule has 1 aromatic heterocycles. The van der Waals surface area contributed by atoms with E-state index in [9.17, 15) is 5.11 Å². The Labute approximate surface area is 147 Å². The van der Waals surface area contributed by atoms with Crippen LogP contribution < -0.4 is 4.90 Å². The third kappa shape index (κ3) is 4.23. The van der Waals surface area contributed by atoms with E-state index in [1.165, 1.54) is 0 Å². The van der Waals surface area contributed by atoms with Gasteiger partial charge in [-0.25, -0.2) is 9.97 Å². The zero-order chi connectivity index (χ0) is 17.1. The van der Waals surface area contributed by atoms with Gasteiger partial charge < -0.3 is 10.0 Å². The van der Waals surface area contributed by atoms with E-state index in [-0.39, 0.29) is 0 Å². The number of hydrogen-bond acceptors (Lipinski definition) is 5. The Kier molecular flexibility index (Phi) is 5.33. The van der Waals surface area contributed by atoms with Crippen LogP contribution in [0, 0.1) is 13.8 Å². The van der Waals surface area contributed by atoms with Gasteiger partial charge in [0.1, 0.15) is 11.6 Å². The van der Waals surface area contributed by atoms with E-state index < -0.39 is 6.10 Å². The highest BCUT2D eigenvalue weighted by molar-refractivity contribution is 6.30. The molecule has 6 heteroatoms. The molecule has 0 radical (unpaired) electrons. The number of nitrogens with zero attached hydrogens (tertiary/aromatic N) is 4. The number of aliphatic hydroxyl groups excluding tert-OH is 1. The average Bonchev–Trinajstić information content (AvgIpc) is 2.55. The Bertz CT molecular complexity index is 664. The quantitative estimate of drug-likeness (QED) is 0.922. The molecule has 24 heavy (non-hydrogen) atoms. The van der Waals surface area contributed by atoms with E-state index >= 15 is 0 Å². The molecule has 2 heterocycles. The molecule has 1 atom stereocenters. The summed E-state index contributed by atoms with van der Waals surface area (Å²) < 4.78 is 0. The Morgan fingerprint density at radius 1 is 1.08 bits per heavy atom. The van der Waals surface area contributed by atoms with Gasteiger partial charge in [0.15, 0.2) is 0 Å². The van der Waals surface area contributed by atoms with Crippen LogP contribution in [-0.4, -0.2) is 52.7 Å². The highest BCUT2D eigenvalue weighted by atomic mass is 35.5. The molecule has 1 unspecified atom stereocenters. The number of benzene rings is 1. The highest BCUT2D eigenvalue weighted by Crippen LogP contribution is 2.19. The highest BCUT2D eigenvalue weighted by Gasteiger charge is 2.21. The third-order valence-corrected chi connectivity index (χ3v) is 4.59. The minimum absolute atomic E-state index is 0.489. The maximum atomic E-state index is 10.4. The lowest BCUT2D eigenvalue weighted by molar-refractivity contribution is 0.109. The first-order chi connectivity index (χ1) is 11.5. The van der Waals surface area contributed by atoms with Crippen molar-refractivity contribution in [2.45, 2.75) is 20.0 Å². The number of aromatic nitrogens is 2. The molecule has 1 aromatic carbocycles. The molecule has 1 fully saturated rings. The molecule has 2 aromatic rings. The zero-order valence-electron chi connectivity index (χ0n) is 14.1. The second kappa shape index (κ2) is 7.47. The van der Waals surface area contributed by atoms with Crippen LogP contribution in [0.3, 0.4) is 0 Å². The fourth-order valence-electron chi connectivity index (χ4n) is 3.05. The normalized spacial score (nSPS) is 17.1. The summed E-state index contributed by atoms with van der Waals surface area (Å²) in [5, 5.41) is 11.1. The Hall–Kier alpha value is -1.69. The van der Waals surface area contributed by atoms with Crippen molar-refractivity contribution >= 4 is 17.4 Å². The summed E-state index contributed by atoms with van der Waals surface area (Å²) in [5.74, 6) is 1.81. The molecule has 3 rings (SSSR count). The van der Waals surface area contributed by atoms with Crippen molar-refractivity contribution in [2.24, 2.45) is 0 Å². The van der Waals surface area contributed by atoms with Crippen LogP contribution >= 0.6 is 11.6 Å². The molecule has 0 amide bonds. The fourth-order valence-corrected chi connectivity index (χ4v) is 3.18. The Morgan fingerprint density at radius 3 is 2.38 bits per heavy atom. The van der Waals surface area contributed by atoms with Crippen molar-refractivity contribution in [2.75, 3.05) is 37.6 Å². The van der Waals surface area contributed by atoms with Crippen molar-refractivity contribution < 1.29 is 5.11 Å². The van der Waals surface area contributed by atoms with Gasteiger partial charge in [0.25, 0.3) is 0 Å². The number of aryl methyl sites for hydroxylation is 2. The summed E-state index contributed by atoms with van der Waals surface area (Å²) in [7, 11) is 0. The summed E-state index contributed by atoms with van der Waals surface area (Å²) in [6.07, 6.45) is -0.489. The summed E-state index contributed by atoms with van der Waals surface area (Å²) >= 11 is 5.90. The largest absolute Gasteiger partial charge is 0.387 e. The van der Waals surface area contributed by atoms with E-state index in [2.05, 4.69) is 19.8 Å². The lowest BCUT2D eigenvalue weighted by Crippen LogP contribution is -2.47. The van der Waals surface area contributed by atoms with Gasteiger partial charge in [0.05, 0.1) is 6.10 Å². The molecule has 1 N–H and O–H groups in total. The van der Waals surface area contributed by atoms with Crippen molar-refractivity contribution in [3.05, 3.63) is 52.4 Å². The van der Waals surface area contributed by atoms with Gasteiger partial charge in [-0.15, -0.1) is 0 Å². The van der Waals surface area contributed by atoms with Crippen molar-refractivity contribution in [3.63, 3.8) is 0 Å². The van der Waals surface area contributed by atoms with Crippen molar-refractivity contribution in [1.29, 1.82) is 0 Å². The van der Waals surface area contributed by atoms with E-state index in [0.717, 1.165) is 49.1 Å². The van der Waals surface area contributed by atoms with Gasteiger partial charge in [-0.3, -0.25) is 4.90 Å². The van der Waals surface area contributed by atoms with Crippen molar-refractivity contribution in [1.82, 2.24) is 14.9 Å². The van der Waals surface area contributed by atoms with Crippen LogP contribution in [0.5, 0.6) is 0 Å². The van der Waals surface area contributed by atoms with Crippen LogP contribution in [0.1, 0.15) is 23.2 Å². The van der Waals surface area contributed by atoms with Crippen LogP contribution in [0.15, 0.2) is 30.3 Å². The smallest absolute Gasteiger partial charge is 0.132 e. The minimum Gasteiger partial charge on any atom is -0.387 e. The predicted molar refractivity (Wildman–Crippen MR) is 96.6 cm³/mol. The molecular weight excluding hydrogens is 324 g/mol. The van der Waals surface area contributed by atoms with Crippen LogP contribution in [0.25, 0.3) is 0 Å². The first-order valence-corrected chi connectivity index (χ1v) is 8.62. The topological polar surface area (TPSA) is 52.5 Å². The van der Waals surface area contributed by atoms with Gasteiger partial charge in [-0.1, -0.05) is 23.7 Å². The summed E-state index contributed by atoms with van der Waals surface area (Å²) in [6.45, 7) is 8.19. The number of aliphatic hydroxyl groups is 1. The molecular formula is C18H23ClN4O. The molecule has 0 saturated carbocycles. The summed E-state index contributed by atoms with van der Waals surface area (Å²) in [6, 6.07) is 9.44. The molecule has 1 saturated heterocycles. The second-order valence-corrected chi connectivity index (χ2v) is 6.71. The number of halogens is 1. The van der Waals surface area contributed by atoms with E-state index in [1.54, 1.807) is 0 Å². The maximum Gasteiger partial charge on any atom is 0.132 e. The zero-order valence-corrected chi connectivity index (χ0v) is 14.9. The third-order valence-electron chi connectivity index (χ3n) is 4.33. The van der Waals surface area contributed by atoms with Gasteiger partial charge in [-0.05, 0) is 31.5 Å². The standard InChI is InChI=1S/C18H23ClN4O/c1-13-11-18(21-14(2)20-13)23-9-7-22(8-10-23)12-17(24)15-3-5-16(19)6-4-15/h3-6,11,17,24H,7-10,12H2,1-2H3. The van der Waals surface area contributed by atoms with Gasteiger partial charge >= 0.3 is 0 Å². The second-order valence-electron chi connectivity index (χ2n) is 6.27. The maximum absolute atomic E-state index is 10.4. The molecule has 128 valence electrons. The predicted octanol–water partition coefficient (Wildman–Crippen LogP) is 2.60. The SMILES string of the molecule is Cc1cc(N2CCN(CC(O)c3ccc(Cl)cc3)CC2)nc(C)n1. The molecule has 0 aliphatic carbocycles. The summed E-state index contributed by atoms with van der Waals surface area (Å²) in [4.78, 5) is 13.4. The van der Waals surface area contributed by atoms with Gasteiger partial charge in [-0.2, -0.15) is 0 Å². The van der Waals surface area contributed by atoms with Crippen LogP contribution in [-0.2, 0) is 0 Å². The Morgan fingerprint density at radius 2 is 1.75 bits per heavy atom. The molecule has 0 spiro atoms. The average molecular weight is 347 g/mol. The van der Waals surface area contributed by atoms with Crippen molar-refractivity contribution in [3.8, 4) is 0 Å². The minimum atomic E-state index is -0.489.